The van der Waals surface area contributed by atoms with Crippen molar-refractivity contribution in [1.29, 1.82) is 0 Å². The summed E-state index contributed by atoms with van der Waals surface area (Å²) in [6.45, 7) is 7.10. The predicted molar refractivity (Wildman–Crippen MR) is 81.7 cm³/mol. The van der Waals surface area contributed by atoms with Crippen molar-refractivity contribution in [3.8, 4) is 0 Å². The molecule has 1 heterocycles. The second-order valence-electron chi connectivity index (χ2n) is 4.70. The van der Waals surface area contributed by atoms with Gasteiger partial charge in [-0.2, -0.15) is 0 Å². The summed E-state index contributed by atoms with van der Waals surface area (Å²) in [6, 6.07) is 8.57. The van der Waals surface area contributed by atoms with Crippen molar-refractivity contribution in [3.05, 3.63) is 36.0 Å². The van der Waals surface area contributed by atoms with Gasteiger partial charge in [0, 0.05) is 44.4 Å². The molecule has 1 aromatic carbocycles. The zero-order chi connectivity index (χ0) is 14.2. The molecule has 4 nitrogen and oxygen atoms in total. The molecule has 0 amide bonds. The number of H-pyrrole nitrogens is 1. The minimum absolute atomic E-state index is 0.0941. The minimum atomic E-state index is -0.0941. The van der Waals surface area contributed by atoms with Crippen LogP contribution < -0.4 is 5.32 Å². The summed E-state index contributed by atoms with van der Waals surface area (Å²) in [6.07, 6.45) is 2.74. The van der Waals surface area contributed by atoms with Crippen LogP contribution in [0.25, 0.3) is 10.9 Å². The Morgan fingerprint density at radius 1 is 1.15 bits per heavy atom. The number of hydrogen-bond acceptors (Lipinski definition) is 3. The highest BCUT2D eigenvalue weighted by atomic mass is 16.7. The molecule has 0 saturated heterocycles. The number of fused-ring (bicyclic) bond motifs is 1. The molecule has 0 radical (unpaired) electrons. The Bertz CT molecular complexity index is 504. The van der Waals surface area contributed by atoms with Crippen molar-refractivity contribution in [2.24, 2.45) is 0 Å². The first-order chi connectivity index (χ1) is 9.83. The van der Waals surface area contributed by atoms with Crippen LogP contribution in [0.1, 0.15) is 25.8 Å². The molecule has 0 atom stereocenters. The highest BCUT2D eigenvalue weighted by Crippen LogP contribution is 2.13. The maximum absolute atomic E-state index is 5.51. The van der Waals surface area contributed by atoms with Crippen molar-refractivity contribution < 1.29 is 9.47 Å². The Hall–Kier alpha value is -1.36. The summed E-state index contributed by atoms with van der Waals surface area (Å²) in [5.41, 5.74) is 2.47. The van der Waals surface area contributed by atoms with Crippen LogP contribution in [0.2, 0.25) is 0 Å². The van der Waals surface area contributed by atoms with Gasteiger partial charge in [-0.15, -0.1) is 0 Å². The molecule has 0 unspecified atom stereocenters. The molecule has 0 spiro atoms. The minimum Gasteiger partial charge on any atom is -0.361 e. The third kappa shape index (κ3) is 4.34. The van der Waals surface area contributed by atoms with E-state index in [4.69, 9.17) is 9.47 Å². The molecule has 0 bridgehead atoms. The monoisotopic (exact) mass is 276 g/mol. The lowest BCUT2D eigenvalue weighted by atomic mass is 10.1. The van der Waals surface area contributed by atoms with Gasteiger partial charge in [0.25, 0.3) is 0 Å². The van der Waals surface area contributed by atoms with Gasteiger partial charge in [0.2, 0.25) is 0 Å². The van der Waals surface area contributed by atoms with Gasteiger partial charge in [-0.1, -0.05) is 12.1 Å². The second kappa shape index (κ2) is 8.04. The van der Waals surface area contributed by atoms with E-state index in [1.54, 1.807) is 0 Å². The normalized spacial score (nSPS) is 11.6. The van der Waals surface area contributed by atoms with Crippen molar-refractivity contribution in [3.63, 3.8) is 0 Å². The maximum Gasteiger partial charge on any atom is 0.158 e. The summed E-state index contributed by atoms with van der Waals surface area (Å²) in [5, 5.41) is 4.68. The second-order valence-corrected chi connectivity index (χ2v) is 4.70. The lowest BCUT2D eigenvalue weighted by Crippen LogP contribution is -2.24. The van der Waals surface area contributed by atoms with E-state index in [9.17, 15) is 0 Å². The van der Waals surface area contributed by atoms with Crippen molar-refractivity contribution >= 4 is 10.9 Å². The predicted octanol–water partition coefficient (Wildman–Crippen LogP) is 3.05. The fourth-order valence-corrected chi connectivity index (χ4v) is 2.24. The fraction of sp³-hybridized carbons (Fsp3) is 0.500. The standard InChI is InChI=1S/C16H24N2O2/c1-3-19-16(20-4-2)8-9-17-12-13-5-6-14-7-10-18-15(14)11-13/h5-7,10-11,16-18H,3-4,8-9,12H2,1-2H3. The molecule has 2 rings (SSSR count). The van der Waals surface area contributed by atoms with Crippen molar-refractivity contribution in [2.45, 2.75) is 33.1 Å². The molecule has 2 aromatic rings. The van der Waals surface area contributed by atoms with Crippen molar-refractivity contribution in [1.82, 2.24) is 10.3 Å². The molecule has 0 aliphatic carbocycles. The van der Waals surface area contributed by atoms with Crippen LogP contribution in [0.3, 0.4) is 0 Å². The quantitative estimate of drug-likeness (QED) is 0.546. The first-order valence-corrected chi connectivity index (χ1v) is 7.33. The van der Waals surface area contributed by atoms with Gasteiger partial charge in [-0.3, -0.25) is 0 Å². The van der Waals surface area contributed by atoms with E-state index in [2.05, 4.69) is 34.6 Å². The molecule has 0 aliphatic rings. The van der Waals surface area contributed by atoms with Gasteiger partial charge in [-0.05, 0) is 36.9 Å². The molecular weight excluding hydrogens is 252 g/mol. The van der Waals surface area contributed by atoms with Crippen LogP contribution in [0, 0.1) is 0 Å². The summed E-state index contributed by atoms with van der Waals surface area (Å²) < 4.78 is 11.0. The van der Waals surface area contributed by atoms with Gasteiger partial charge in [0.1, 0.15) is 0 Å². The summed E-state index contributed by atoms with van der Waals surface area (Å²) in [5.74, 6) is 0. The summed E-state index contributed by atoms with van der Waals surface area (Å²) >= 11 is 0. The third-order valence-electron chi connectivity index (χ3n) is 3.21. The zero-order valence-corrected chi connectivity index (χ0v) is 12.3. The van der Waals surface area contributed by atoms with Gasteiger partial charge in [-0.25, -0.2) is 0 Å². The molecule has 0 aliphatic heterocycles. The highest BCUT2D eigenvalue weighted by Gasteiger charge is 2.06. The number of ether oxygens (including phenoxy) is 2. The summed E-state index contributed by atoms with van der Waals surface area (Å²) in [7, 11) is 0. The highest BCUT2D eigenvalue weighted by molar-refractivity contribution is 5.79. The summed E-state index contributed by atoms with van der Waals surface area (Å²) in [4.78, 5) is 3.23. The number of rotatable bonds is 9. The van der Waals surface area contributed by atoms with Gasteiger partial charge >= 0.3 is 0 Å². The Labute approximate surface area is 120 Å². The van der Waals surface area contributed by atoms with E-state index < -0.39 is 0 Å². The zero-order valence-electron chi connectivity index (χ0n) is 12.3. The maximum atomic E-state index is 5.51. The van der Waals surface area contributed by atoms with E-state index >= 15 is 0 Å². The first kappa shape index (κ1) is 15.0. The Kier molecular flexibility index (Phi) is 6.05. The Balaban J connectivity index is 1.74. The smallest absolute Gasteiger partial charge is 0.158 e. The SMILES string of the molecule is CCOC(CCNCc1ccc2cc[nH]c2c1)OCC. The fourth-order valence-electron chi connectivity index (χ4n) is 2.24. The van der Waals surface area contributed by atoms with Gasteiger partial charge < -0.3 is 19.8 Å². The van der Waals surface area contributed by atoms with Crippen LogP contribution in [0.15, 0.2) is 30.5 Å². The van der Waals surface area contributed by atoms with E-state index in [0.29, 0.717) is 13.2 Å². The number of aromatic nitrogens is 1. The lowest BCUT2D eigenvalue weighted by Gasteiger charge is -2.17. The first-order valence-electron chi connectivity index (χ1n) is 7.33. The molecule has 0 saturated carbocycles. The molecule has 20 heavy (non-hydrogen) atoms. The number of nitrogens with one attached hydrogen (secondary N) is 2. The third-order valence-corrected chi connectivity index (χ3v) is 3.21. The molecular formula is C16H24N2O2. The van der Waals surface area contributed by atoms with E-state index in [1.165, 1.54) is 16.5 Å². The Morgan fingerprint density at radius 2 is 1.95 bits per heavy atom. The lowest BCUT2D eigenvalue weighted by molar-refractivity contribution is -0.138. The molecule has 4 heteroatoms. The molecule has 0 fully saturated rings. The van der Waals surface area contributed by atoms with Crippen LogP contribution in [0.4, 0.5) is 0 Å². The van der Waals surface area contributed by atoms with Crippen LogP contribution >= 0.6 is 0 Å². The van der Waals surface area contributed by atoms with Gasteiger partial charge in [0.15, 0.2) is 6.29 Å². The largest absolute Gasteiger partial charge is 0.361 e. The van der Waals surface area contributed by atoms with Crippen LogP contribution in [-0.2, 0) is 16.0 Å². The van der Waals surface area contributed by atoms with E-state index in [1.807, 2.05) is 20.0 Å². The number of aromatic amines is 1. The van der Waals surface area contributed by atoms with E-state index in [0.717, 1.165) is 19.5 Å². The average molecular weight is 276 g/mol. The van der Waals surface area contributed by atoms with Gasteiger partial charge in [0.05, 0.1) is 0 Å². The number of hydrogen-bond donors (Lipinski definition) is 2. The average Bonchev–Trinajstić information content (AvgIpc) is 2.91. The van der Waals surface area contributed by atoms with E-state index in [-0.39, 0.29) is 6.29 Å². The molecule has 1 aromatic heterocycles. The number of benzene rings is 1. The topological polar surface area (TPSA) is 46.3 Å². The molecule has 110 valence electrons. The van der Waals surface area contributed by atoms with Crippen LogP contribution in [-0.4, -0.2) is 31.0 Å². The van der Waals surface area contributed by atoms with Crippen LogP contribution in [0.5, 0.6) is 0 Å². The van der Waals surface area contributed by atoms with Crippen molar-refractivity contribution in [2.75, 3.05) is 19.8 Å². The molecule has 2 N–H and O–H groups in total. The Morgan fingerprint density at radius 3 is 2.70 bits per heavy atom.